The first-order valence-electron chi connectivity index (χ1n) is 6.15. The Morgan fingerprint density at radius 2 is 1.41 bits per heavy atom. The molecule has 0 aromatic rings. The first-order valence-corrected chi connectivity index (χ1v) is 8.17. The maximum absolute atomic E-state index is 11.6. The first kappa shape index (κ1) is 16.7. The molecule has 3 radical (unpaired) electrons. The van der Waals surface area contributed by atoms with E-state index in [4.69, 9.17) is 9.47 Å². The third-order valence-corrected chi connectivity index (χ3v) is 3.42. The second-order valence-electron chi connectivity index (χ2n) is 3.80. The van der Waals surface area contributed by atoms with Crippen LogP contribution in [0.2, 0.25) is 4.44 Å². The van der Waals surface area contributed by atoms with E-state index >= 15 is 0 Å². The fourth-order valence-corrected chi connectivity index (χ4v) is 2.05. The van der Waals surface area contributed by atoms with Gasteiger partial charge in [0.2, 0.25) is 0 Å². The second-order valence-corrected chi connectivity index (χ2v) is 4.96. The summed E-state index contributed by atoms with van der Waals surface area (Å²) < 4.78 is 10.6. The van der Waals surface area contributed by atoms with Crippen molar-refractivity contribution in [3.63, 3.8) is 0 Å². The Labute approximate surface area is 117 Å². The Kier molecular flexibility index (Phi) is 10.7. The summed E-state index contributed by atoms with van der Waals surface area (Å²) in [5.74, 6) is -1.59. The van der Waals surface area contributed by atoms with Gasteiger partial charge in [-0.05, 0) is 0 Å². The van der Waals surface area contributed by atoms with Crippen LogP contribution in [0.3, 0.4) is 0 Å². The van der Waals surface area contributed by atoms with E-state index in [0.29, 0.717) is 17.7 Å². The molecule has 0 aliphatic rings. The molecule has 0 rings (SSSR count). The van der Waals surface area contributed by atoms with Gasteiger partial charge < -0.3 is 0 Å². The topological polar surface area (TPSA) is 52.6 Å². The van der Waals surface area contributed by atoms with Crippen LogP contribution in [-0.2, 0) is 19.1 Å². The Balaban J connectivity index is 4.01. The predicted octanol–water partition coefficient (Wildman–Crippen LogP) is 1.88. The molecular weight excluding hydrogens is 327 g/mol. The molecule has 4 nitrogen and oxygen atoms in total. The maximum atomic E-state index is 11.6. The van der Waals surface area contributed by atoms with Crippen molar-refractivity contribution in [1.82, 2.24) is 0 Å². The van der Waals surface area contributed by atoms with Gasteiger partial charge in [-0.2, -0.15) is 0 Å². The van der Waals surface area contributed by atoms with Gasteiger partial charge in [-0.25, -0.2) is 0 Å². The van der Waals surface area contributed by atoms with Crippen LogP contribution in [0.4, 0.5) is 0 Å². The Bertz CT molecular complexity index is 209. The Morgan fingerprint density at radius 3 is 1.71 bits per heavy atom. The quantitative estimate of drug-likeness (QED) is 0.276. The molecule has 0 amide bonds. The molecule has 0 heterocycles. The summed E-state index contributed by atoms with van der Waals surface area (Å²) in [4.78, 5) is 23.2. The van der Waals surface area contributed by atoms with Gasteiger partial charge in [-0.3, -0.25) is 0 Å². The molecule has 0 aromatic carbocycles. The summed E-state index contributed by atoms with van der Waals surface area (Å²) in [5.41, 5.74) is 0. The van der Waals surface area contributed by atoms with Crippen molar-refractivity contribution in [2.45, 2.75) is 44.0 Å². The average Bonchev–Trinajstić information content (AvgIpc) is 2.30. The molecule has 0 spiro atoms. The zero-order chi connectivity index (χ0) is 13.1. The average molecular weight is 348 g/mol. The van der Waals surface area contributed by atoms with Crippen LogP contribution < -0.4 is 0 Å². The molecule has 0 bridgehead atoms. The molecule has 5 heteroatoms. The van der Waals surface area contributed by atoms with Crippen molar-refractivity contribution in [3.05, 3.63) is 0 Å². The first-order chi connectivity index (χ1) is 8.17. The van der Waals surface area contributed by atoms with Gasteiger partial charge in [0, 0.05) is 0 Å². The minimum absolute atomic E-state index is 0.393. The van der Waals surface area contributed by atoms with Crippen molar-refractivity contribution in [2.24, 2.45) is 5.92 Å². The van der Waals surface area contributed by atoms with E-state index in [1.807, 2.05) is 13.8 Å². The number of hydrogen-bond acceptors (Lipinski definition) is 4. The third kappa shape index (κ3) is 7.62. The molecule has 0 aliphatic carbocycles. The normalized spacial score (nSPS) is 10.4. The van der Waals surface area contributed by atoms with Gasteiger partial charge in [0.05, 0.1) is 0 Å². The van der Waals surface area contributed by atoms with Crippen molar-refractivity contribution in [3.8, 4) is 0 Å². The number of esters is 2. The van der Waals surface area contributed by atoms with E-state index in [-0.39, 0.29) is 0 Å². The molecule has 0 N–H and O–H groups in total. The number of ether oxygens (including phenoxy) is 2. The number of carbonyl (C=O) groups is 2. The summed E-state index contributed by atoms with van der Waals surface area (Å²) in [6, 6.07) is 0. The number of unbranched alkanes of at least 4 members (excludes halogenated alkanes) is 2. The van der Waals surface area contributed by atoms with Crippen LogP contribution >= 0.6 is 0 Å². The third-order valence-electron chi connectivity index (χ3n) is 2.26. The van der Waals surface area contributed by atoms with Gasteiger partial charge in [0.1, 0.15) is 0 Å². The summed E-state index contributed by atoms with van der Waals surface area (Å²) in [7, 11) is 0. The predicted molar refractivity (Wildman–Crippen MR) is 65.8 cm³/mol. The van der Waals surface area contributed by atoms with Gasteiger partial charge in [0.15, 0.2) is 0 Å². The molecule has 0 saturated heterocycles. The molecule has 17 heavy (non-hydrogen) atoms. The van der Waals surface area contributed by atoms with Crippen LogP contribution in [0.1, 0.15) is 39.5 Å². The fourth-order valence-electron chi connectivity index (χ4n) is 1.10. The molecule has 0 aliphatic heterocycles. The Morgan fingerprint density at radius 1 is 1.00 bits per heavy atom. The van der Waals surface area contributed by atoms with Crippen LogP contribution in [0.25, 0.3) is 0 Å². The summed E-state index contributed by atoms with van der Waals surface area (Å²) in [6.07, 6.45) is 3.61. The molecule has 0 fully saturated rings. The van der Waals surface area contributed by atoms with E-state index in [2.05, 4.69) is 0 Å². The number of rotatable bonds is 9. The van der Waals surface area contributed by atoms with Crippen molar-refractivity contribution in [1.29, 1.82) is 0 Å². The minimum atomic E-state index is -0.720. The molecule has 0 unspecified atom stereocenters. The van der Waals surface area contributed by atoms with Crippen LogP contribution in [0.5, 0.6) is 0 Å². The van der Waals surface area contributed by atoms with E-state index in [0.717, 1.165) is 48.2 Å². The number of carbonyl (C=O) groups excluding carboxylic acids is 2. The Hall–Kier alpha value is -0.261. The molecule has 97 valence electrons. The van der Waals surface area contributed by atoms with E-state index < -0.39 is 17.9 Å². The second kappa shape index (κ2) is 10.9. The SMILES string of the molecule is CCCCOC(=O)C([CH2][Sn])C(=O)OCCCC. The van der Waals surface area contributed by atoms with Gasteiger partial charge >= 0.3 is 117 Å². The molecule has 0 atom stereocenters. The summed E-state index contributed by atoms with van der Waals surface area (Å²) in [6.45, 7) is 4.83. The van der Waals surface area contributed by atoms with Crippen molar-refractivity contribution < 1.29 is 19.1 Å². The van der Waals surface area contributed by atoms with E-state index in [9.17, 15) is 9.59 Å². The zero-order valence-electron chi connectivity index (χ0n) is 10.7. The van der Waals surface area contributed by atoms with E-state index in [1.165, 1.54) is 0 Å². The van der Waals surface area contributed by atoms with Crippen molar-refractivity contribution in [2.75, 3.05) is 13.2 Å². The van der Waals surface area contributed by atoms with Crippen molar-refractivity contribution >= 4 is 34.5 Å². The number of hydrogen-bond donors (Lipinski definition) is 0. The standard InChI is InChI=1S/C12H21O4.Sn/c1-4-6-8-15-11(13)10(3)12(14)16-9-7-5-2;/h10H,3-9H2,1-2H3;. The van der Waals surface area contributed by atoms with Gasteiger partial charge in [-0.15, -0.1) is 0 Å². The van der Waals surface area contributed by atoms with Crippen LogP contribution in [-0.4, -0.2) is 47.7 Å². The molecule has 0 saturated carbocycles. The van der Waals surface area contributed by atoms with Crippen LogP contribution in [0, 0.1) is 5.92 Å². The van der Waals surface area contributed by atoms with Crippen LogP contribution in [0.15, 0.2) is 0 Å². The monoisotopic (exact) mass is 349 g/mol. The summed E-state index contributed by atoms with van der Waals surface area (Å²) >= 11 is 1.14. The molecular formula is C12H21O4Sn. The zero-order valence-corrected chi connectivity index (χ0v) is 13.5. The van der Waals surface area contributed by atoms with Gasteiger partial charge in [-0.1, -0.05) is 0 Å². The molecule has 0 aromatic heterocycles. The van der Waals surface area contributed by atoms with Gasteiger partial charge in [0.25, 0.3) is 0 Å². The summed E-state index contributed by atoms with van der Waals surface area (Å²) in [5, 5.41) is 0. The fraction of sp³-hybridized carbons (Fsp3) is 0.833. The van der Waals surface area contributed by atoms with E-state index in [1.54, 1.807) is 0 Å².